The second-order valence-corrected chi connectivity index (χ2v) is 8.25. The number of halogens is 1. The lowest BCUT2D eigenvalue weighted by Crippen LogP contribution is -2.51. The Morgan fingerprint density at radius 1 is 1.07 bits per heavy atom. The largest absolute Gasteiger partial charge is 0.336 e. The van der Waals surface area contributed by atoms with Crippen molar-refractivity contribution in [1.82, 2.24) is 19.6 Å². The summed E-state index contributed by atoms with van der Waals surface area (Å²) in [5.74, 6) is -0.0900. The molecule has 1 amide bonds. The number of carbonyl (C=O) groups excluding carboxylic acids is 1. The molecule has 2 heterocycles. The Hall–Kier alpha value is -2.21. The summed E-state index contributed by atoms with van der Waals surface area (Å²) in [6.07, 6.45) is 6.95. The number of carbonyl (C=O) groups is 1. The van der Waals surface area contributed by atoms with Gasteiger partial charge in [0.05, 0.1) is 23.1 Å². The van der Waals surface area contributed by atoms with Gasteiger partial charge in [0.1, 0.15) is 5.82 Å². The van der Waals surface area contributed by atoms with E-state index in [2.05, 4.69) is 23.8 Å². The molecule has 0 atom stereocenters. The van der Waals surface area contributed by atoms with Gasteiger partial charge in [-0.25, -0.2) is 9.07 Å². The van der Waals surface area contributed by atoms with E-state index >= 15 is 0 Å². The lowest BCUT2D eigenvalue weighted by molar-refractivity contribution is 0.0572. The quantitative estimate of drug-likeness (QED) is 0.804. The molecule has 28 heavy (non-hydrogen) atoms. The van der Waals surface area contributed by atoms with Crippen LogP contribution in [0.2, 0.25) is 0 Å². The van der Waals surface area contributed by atoms with Crippen LogP contribution < -0.4 is 0 Å². The van der Waals surface area contributed by atoms with Crippen molar-refractivity contribution < 1.29 is 9.18 Å². The van der Waals surface area contributed by atoms with Crippen LogP contribution in [0.15, 0.2) is 30.5 Å². The highest BCUT2D eigenvalue weighted by molar-refractivity contribution is 5.95. The van der Waals surface area contributed by atoms with Gasteiger partial charge < -0.3 is 4.90 Å². The van der Waals surface area contributed by atoms with E-state index in [1.807, 2.05) is 4.90 Å². The molecule has 2 aliphatic rings. The Kier molecular flexibility index (Phi) is 5.49. The summed E-state index contributed by atoms with van der Waals surface area (Å²) in [6.45, 7) is 7.58. The van der Waals surface area contributed by atoms with Gasteiger partial charge in [0.25, 0.3) is 5.91 Å². The van der Waals surface area contributed by atoms with Gasteiger partial charge in [0.2, 0.25) is 0 Å². The summed E-state index contributed by atoms with van der Waals surface area (Å²) in [5.41, 5.74) is 2.32. The van der Waals surface area contributed by atoms with Crippen LogP contribution in [0.1, 0.15) is 61.5 Å². The predicted octanol–water partition coefficient (Wildman–Crippen LogP) is 3.84. The minimum Gasteiger partial charge on any atom is -0.336 e. The molecule has 1 aliphatic carbocycles. The second-order valence-electron chi connectivity index (χ2n) is 8.25. The molecule has 2 aromatic rings. The minimum absolute atomic E-state index is 0.0585. The molecular weight excluding hydrogens is 355 g/mol. The molecule has 0 N–H and O–H groups in total. The summed E-state index contributed by atoms with van der Waals surface area (Å²) in [6, 6.07) is 6.95. The Morgan fingerprint density at radius 2 is 1.71 bits per heavy atom. The van der Waals surface area contributed by atoms with E-state index in [-0.39, 0.29) is 17.6 Å². The van der Waals surface area contributed by atoms with Crippen molar-refractivity contribution in [3.63, 3.8) is 0 Å². The maximum absolute atomic E-state index is 13.3. The topological polar surface area (TPSA) is 41.4 Å². The molecule has 1 aliphatic heterocycles. The highest BCUT2D eigenvalue weighted by Crippen LogP contribution is 2.27. The van der Waals surface area contributed by atoms with Crippen molar-refractivity contribution in [3.05, 3.63) is 47.5 Å². The molecule has 1 aromatic heterocycles. The van der Waals surface area contributed by atoms with Crippen LogP contribution in [-0.2, 0) is 0 Å². The highest BCUT2D eigenvalue weighted by atomic mass is 19.1. The van der Waals surface area contributed by atoms with Gasteiger partial charge in [0, 0.05) is 32.2 Å². The smallest absolute Gasteiger partial charge is 0.257 e. The molecule has 4 rings (SSSR count). The van der Waals surface area contributed by atoms with Gasteiger partial charge in [-0.05, 0) is 43.0 Å². The Balaban J connectivity index is 1.52. The van der Waals surface area contributed by atoms with E-state index in [1.165, 1.54) is 37.8 Å². The van der Waals surface area contributed by atoms with Crippen molar-refractivity contribution in [2.45, 2.75) is 51.5 Å². The van der Waals surface area contributed by atoms with Gasteiger partial charge in [-0.15, -0.1) is 0 Å². The summed E-state index contributed by atoms with van der Waals surface area (Å²) in [7, 11) is 0. The zero-order valence-corrected chi connectivity index (χ0v) is 16.8. The van der Waals surface area contributed by atoms with E-state index in [0.29, 0.717) is 11.6 Å². The molecule has 150 valence electrons. The van der Waals surface area contributed by atoms with Crippen molar-refractivity contribution in [3.8, 4) is 5.69 Å². The molecule has 0 radical (unpaired) electrons. The molecule has 1 saturated heterocycles. The number of aromatic nitrogens is 2. The number of nitrogens with zero attached hydrogens (tertiary/aromatic N) is 4. The summed E-state index contributed by atoms with van der Waals surface area (Å²) in [4.78, 5) is 17.8. The van der Waals surface area contributed by atoms with Gasteiger partial charge in [-0.2, -0.15) is 5.10 Å². The van der Waals surface area contributed by atoms with E-state index in [1.54, 1.807) is 23.0 Å². The molecule has 0 spiro atoms. The molecular formula is C22H29FN4O. The molecule has 0 bridgehead atoms. The lowest BCUT2D eigenvalue weighted by atomic mass is 10.0. The third kappa shape index (κ3) is 3.70. The average molecular weight is 384 g/mol. The molecule has 0 unspecified atom stereocenters. The first-order chi connectivity index (χ1) is 13.5. The maximum Gasteiger partial charge on any atom is 0.257 e. The molecule has 1 saturated carbocycles. The number of hydrogen-bond acceptors (Lipinski definition) is 3. The molecule has 1 aromatic carbocycles. The van der Waals surface area contributed by atoms with Gasteiger partial charge in [-0.3, -0.25) is 9.69 Å². The monoisotopic (exact) mass is 384 g/mol. The first-order valence-corrected chi connectivity index (χ1v) is 10.4. The summed E-state index contributed by atoms with van der Waals surface area (Å²) in [5, 5.41) is 4.47. The zero-order chi connectivity index (χ0) is 19.7. The number of benzene rings is 1. The average Bonchev–Trinajstić information content (AvgIpc) is 3.38. The van der Waals surface area contributed by atoms with Crippen molar-refractivity contribution in [2.75, 3.05) is 26.2 Å². The lowest BCUT2D eigenvalue weighted by Gasteiger charge is -2.38. The number of rotatable bonds is 4. The van der Waals surface area contributed by atoms with E-state index in [9.17, 15) is 9.18 Å². The molecule has 5 nitrogen and oxygen atoms in total. The zero-order valence-electron chi connectivity index (χ0n) is 16.8. The van der Waals surface area contributed by atoms with Crippen LogP contribution in [0.3, 0.4) is 0 Å². The van der Waals surface area contributed by atoms with Gasteiger partial charge in [0.15, 0.2) is 0 Å². The SMILES string of the molecule is CC(C)c1c(C(=O)N2CCN(C3CCCC3)CC2)cnn1-c1ccc(F)cc1. The third-order valence-electron chi connectivity index (χ3n) is 6.10. The fourth-order valence-corrected chi connectivity index (χ4v) is 4.60. The van der Waals surface area contributed by atoms with E-state index in [0.717, 1.165) is 37.6 Å². The van der Waals surface area contributed by atoms with Crippen LogP contribution >= 0.6 is 0 Å². The Morgan fingerprint density at radius 3 is 2.32 bits per heavy atom. The van der Waals surface area contributed by atoms with Crippen molar-refractivity contribution >= 4 is 5.91 Å². The molecule has 2 fully saturated rings. The van der Waals surface area contributed by atoms with Crippen LogP contribution in [0.5, 0.6) is 0 Å². The van der Waals surface area contributed by atoms with Gasteiger partial charge in [-0.1, -0.05) is 26.7 Å². The molecule has 6 heteroatoms. The predicted molar refractivity (Wildman–Crippen MR) is 107 cm³/mol. The Labute approximate surface area is 166 Å². The van der Waals surface area contributed by atoms with Crippen molar-refractivity contribution in [1.29, 1.82) is 0 Å². The summed E-state index contributed by atoms with van der Waals surface area (Å²) >= 11 is 0. The fourth-order valence-electron chi connectivity index (χ4n) is 4.60. The number of amides is 1. The maximum atomic E-state index is 13.3. The number of piperazine rings is 1. The first-order valence-electron chi connectivity index (χ1n) is 10.4. The number of hydrogen-bond donors (Lipinski definition) is 0. The van der Waals surface area contributed by atoms with Crippen LogP contribution in [0.25, 0.3) is 5.69 Å². The van der Waals surface area contributed by atoms with E-state index < -0.39 is 0 Å². The van der Waals surface area contributed by atoms with Crippen molar-refractivity contribution in [2.24, 2.45) is 0 Å². The summed E-state index contributed by atoms with van der Waals surface area (Å²) < 4.78 is 15.1. The van der Waals surface area contributed by atoms with Crippen LogP contribution in [0, 0.1) is 5.82 Å². The third-order valence-corrected chi connectivity index (χ3v) is 6.10. The standard InChI is InChI=1S/C22H29FN4O/c1-16(2)21-20(15-24-27(21)19-9-7-17(23)8-10-19)22(28)26-13-11-25(12-14-26)18-5-3-4-6-18/h7-10,15-16,18H,3-6,11-14H2,1-2H3. The van der Waals surface area contributed by atoms with Gasteiger partial charge >= 0.3 is 0 Å². The fraction of sp³-hybridized carbons (Fsp3) is 0.545. The van der Waals surface area contributed by atoms with E-state index in [4.69, 9.17) is 0 Å². The second kappa shape index (κ2) is 8.03. The normalized spacial score (nSPS) is 18.9. The Bertz CT molecular complexity index is 816. The van der Waals surface area contributed by atoms with Crippen LogP contribution in [-0.4, -0.2) is 57.7 Å². The van der Waals surface area contributed by atoms with Crippen LogP contribution in [0.4, 0.5) is 4.39 Å². The minimum atomic E-state index is -0.279. The first kappa shape index (κ1) is 19.1. The highest BCUT2D eigenvalue weighted by Gasteiger charge is 2.30.